The highest BCUT2D eigenvalue weighted by Gasteiger charge is 2.08. The quantitative estimate of drug-likeness (QED) is 0.795. The van der Waals surface area contributed by atoms with Crippen molar-refractivity contribution in [2.45, 2.75) is 0 Å². The summed E-state index contributed by atoms with van der Waals surface area (Å²) >= 11 is 5.55. The van der Waals surface area contributed by atoms with E-state index < -0.39 is 11.6 Å². The van der Waals surface area contributed by atoms with Gasteiger partial charge in [-0.15, -0.1) is 0 Å². The first-order valence-electron chi connectivity index (χ1n) is 3.64. The van der Waals surface area contributed by atoms with Crippen molar-refractivity contribution in [3.05, 3.63) is 28.8 Å². The third kappa shape index (κ3) is 2.54. The predicted molar refractivity (Wildman–Crippen MR) is 46.9 cm³/mol. The van der Waals surface area contributed by atoms with Crippen LogP contribution in [0.25, 0.3) is 0 Å². The summed E-state index contributed by atoms with van der Waals surface area (Å²) in [4.78, 5) is 0. The van der Waals surface area contributed by atoms with Crippen LogP contribution >= 0.6 is 11.6 Å². The van der Waals surface area contributed by atoms with Gasteiger partial charge in [0, 0.05) is 12.6 Å². The third-order valence-corrected chi connectivity index (χ3v) is 1.72. The van der Waals surface area contributed by atoms with Gasteiger partial charge in [-0.1, -0.05) is 11.6 Å². The molecule has 0 bridgehead atoms. The first-order chi connectivity index (χ1) is 6.15. The second-order valence-corrected chi connectivity index (χ2v) is 2.80. The number of nitrogens with one attached hydrogen (secondary N) is 1. The van der Waals surface area contributed by atoms with Gasteiger partial charge in [-0.25, -0.2) is 8.78 Å². The summed E-state index contributed by atoms with van der Waals surface area (Å²) in [5.74, 6) is -1.49. The molecule has 0 heterocycles. The molecule has 0 fully saturated rings. The Labute approximate surface area is 79.1 Å². The van der Waals surface area contributed by atoms with E-state index >= 15 is 0 Å². The van der Waals surface area contributed by atoms with Gasteiger partial charge in [0.2, 0.25) is 0 Å². The molecule has 0 unspecified atom stereocenters. The predicted octanol–water partition coefficient (Wildman–Crippen LogP) is 2.02. The number of anilines is 1. The SMILES string of the molecule is OCCNc1c(F)cc(F)cc1Cl. The number of halogens is 3. The van der Waals surface area contributed by atoms with Gasteiger partial charge in [-0.3, -0.25) is 0 Å². The lowest BCUT2D eigenvalue weighted by molar-refractivity contribution is 0.311. The molecule has 0 spiro atoms. The van der Waals surface area contributed by atoms with Crippen molar-refractivity contribution in [2.75, 3.05) is 18.5 Å². The number of hydrogen-bond acceptors (Lipinski definition) is 2. The maximum Gasteiger partial charge on any atom is 0.150 e. The largest absolute Gasteiger partial charge is 0.395 e. The van der Waals surface area contributed by atoms with Crippen LogP contribution in [0, 0.1) is 11.6 Å². The molecular formula is C8H8ClF2NO. The molecule has 0 amide bonds. The van der Waals surface area contributed by atoms with Crippen LogP contribution in [0.2, 0.25) is 5.02 Å². The fourth-order valence-corrected chi connectivity index (χ4v) is 1.15. The van der Waals surface area contributed by atoms with Crippen LogP contribution in [0.15, 0.2) is 12.1 Å². The molecule has 2 nitrogen and oxygen atoms in total. The molecule has 2 N–H and O–H groups in total. The van der Waals surface area contributed by atoms with E-state index in [0.717, 1.165) is 12.1 Å². The summed E-state index contributed by atoms with van der Waals surface area (Å²) in [6.07, 6.45) is 0. The maximum atomic E-state index is 13.0. The normalized spacial score (nSPS) is 10.2. The Hall–Kier alpha value is -0.870. The topological polar surface area (TPSA) is 32.3 Å². The van der Waals surface area contributed by atoms with Crippen molar-refractivity contribution in [1.82, 2.24) is 0 Å². The highest BCUT2D eigenvalue weighted by atomic mass is 35.5. The lowest BCUT2D eigenvalue weighted by atomic mass is 10.3. The molecular weight excluding hydrogens is 200 g/mol. The van der Waals surface area contributed by atoms with E-state index in [4.69, 9.17) is 16.7 Å². The fraction of sp³-hybridized carbons (Fsp3) is 0.250. The molecule has 0 saturated carbocycles. The van der Waals surface area contributed by atoms with Crippen LogP contribution in [0.3, 0.4) is 0 Å². The minimum absolute atomic E-state index is 0.0112. The molecule has 5 heteroatoms. The summed E-state index contributed by atoms with van der Waals surface area (Å²) in [6.45, 7) is 0.0232. The number of benzene rings is 1. The zero-order valence-corrected chi connectivity index (χ0v) is 7.41. The highest BCUT2D eigenvalue weighted by molar-refractivity contribution is 6.33. The van der Waals surface area contributed by atoms with E-state index in [0.29, 0.717) is 0 Å². The first-order valence-corrected chi connectivity index (χ1v) is 4.02. The van der Waals surface area contributed by atoms with Crippen molar-refractivity contribution < 1.29 is 13.9 Å². The van der Waals surface area contributed by atoms with Crippen molar-refractivity contribution in [3.63, 3.8) is 0 Å². The fourth-order valence-electron chi connectivity index (χ4n) is 0.892. The van der Waals surface area contributed by atoms with Gasteiger partial charge in [0.25, 0.3) is 0 Å². The second kappa shape index (κ2) is 4.39. The van der Waals surface area contributed by atoms with E-state index in [1.165, 1.54) is 0 Å². The van der Waals surface area contributed by atoms with Crippen LogP contribution < -0.4 is 5.32 Å². The van der Waals surface area contributed by atoms with Crippen LogP contribution in [-0.2, 0) is 0 Å². The van der Waals surface area contributed by atoms with Crippen molar-refractivity contribution >= 4 is 17.3 Å². The Bertz CT molecular complexity index is 283. The first kappa shape index (κ1) is 10.2. The van der Waals surface area contributed by atoms with Gasteiger partial charge in [-0.2, -0.15) is 0 Å². The Morgan fingerprint density at radius 3 is 2.62 bits per heavy atom. The molecule has 0 saturated heterocycles. The molecule has 0 radical (unpaired) electrons. The van der Waals surface area contributed by atoms with E-state index in [1.54, 1.807) is 0 Å². The van der Waals surface area contributed by atoms with E-state index in [9.17, 15) is 8.78 Å². The minimum Gasteiger partial charge on any atom is -0.395 e. The molecule has 0 atom stereocenters. The lowest BCUT2D eigenvalue weighted by Gasteiger charge is -2.07. The van der Waals surface area contributed by atoms with Gasteiger partial charge < -0.3 is 10.4 Å². The van der Waals surface area contributed by atoms with Crippen LogP contribution in [0.5, 0.6) is 0 Å². The molecule has 0 aromatic heterocycles. The van der Waals surface area contributed by atoms with Crippen molar-refractivity contribution in [3.8, 4) is 0 Å². The van der Waals surface area contributed by atoms with Crippen LogP contribution in [-0.4, -0.2) is 18.3 Å². The zero-order valence-electron chi connectivity index (χ0n) is 6.65. The van der Waals surface area contributed by atoms with Gasteiger partial charge in [0.1, 0.15) is 5.82 Å². The van der Waals surface area contributed by atoms with Crippen molar-refractivity contribution in [2.24, 2.45) is 0 Å². The zero-order chi connectivity index (χ0) is 9.84. The summed E-state index contributed by atoms with van der Waals surface area (Å²) in [5, 5.41) is 11.0. The number of rotatable bonds is 3. The highest BCUT2D eigenvalue weighted by Crippen LogP contribution is 2.25. The van der Waals surface area contributed by atoms with Crippen LogP contribution in [0.1, 0.15) is 0 Å². The number of aliphatic hydroxyl groups is 1. The van der Waals surface area contributed by atoms with E-state index in [-0.39, 0.29) is 23.9 Å². The Morgan fingerprint density at radius 1 is 1.38 bits per heavy atom. The number of hydrogen-bond donors (Lipinski definition) is 2. The summed E-state index contributed by atoms with van der Waals surface area (Å²) in [7, 11) is 0. The molecule has 1 aromatic carbocycles. The molecule has 72 valence electrons. The Morgan fingerprint density at radius 2 is 2.08 bits per heavy atom. The van der Waals surface area contributed by atoms with Gasteiger partial charge >= 0.3 is 0 Å². The smallest absolute Gasteiger partial charge is 0.150 e. The molecule has 1 aromatic rings. The van der Waals surface area contributed by atoms with Crippen LogP contribution in [0.4, 0.5) is 14.5 Å². The lowest BCUT2D eigenvalue weighted by Crippen LogP contribution is -2.07. The molecule has 0 aliphatic heterocycles. The summed E-state index contributed by atoms with van der Waals surface area (Å²) in [5.41, 5.74) is 0.0112. The van der Waals surface area contributed by atoms with Gasteiger partial charge in [-0.05, 0) is 6.07 Å². The van der Waals surface area contributed by atoms with Gasteiger partial charge in [0.05, 0.1) is 17.3 Å². The molecule has 0 aliphatic carbocycles. The monoisotopic (exact) mass is 207 g/mol. The Kier molecular flexibility index (Phi) is 3.45. The number of aliphatic hydroxyl groups excluding tert-OH is 1. The third-order valence-electron chi connectivity index (χ3n) is 1.42. The molecule has 13 heavy (non-hydrogen) atoms. The standard InChI is InChI=1S/C8H8ClF2NO/c9-6-3-5(10)4-7(11)8(6)12-1-2-13/h3-4,12-13H,1-2H2. The minimum atomic E-state index is -0.765. The van der Waals surface area contributed by atoms with E-state index in [1.807, 2.05) is 0 Å². The van der Waals surface area contributed by atoms with Gasteiger partial charge in [0.15, 0.2) is 5.82 Å². The maximum absolute atomic E-state index is 13.0. The summed E-state index contributed by atoms with van der Waals surface area (Å²) < 4.78 is 25.5. The molecule has 1 rings (SSSR count). The second-order valence-electron chi connectivity index (χ2n) is 2.39. The average Bonchev–Trinajstić information content (AvgIpc) is 2.02. The van der Waals surface area contributed by atoms with Crippen molar-refractivity contribution in [1.29, 1.82) is 0 Å². The van der Waals surface area contributed by atoms with E-state index in [2.05, 4.69) is 5.32 Å². The summed E-state index contributed by atoms with van der Waals surface area (Å²) in [6, 6.07) is 1.73. The molecule has 0 aliphatic rings. The average molecular weight is 208 g/mol. The Balaban J connectivity index is 2.92.